The summed E-state index contributed by atoms with van der Waals surface area (Å²) in [5.41, 5.74) is -0.208. The van der Waals surface area contributed by atoms with Crippen molar-refractivity contribution < 1.29 is 15.0 Å². The molecule has 1 rings (SSSR count). The number of carboxylic acid groups (broad SMARTS) is 1. The van der Waals surface area contributed by atoms with Crippen molar-refractivity contribution in [3.63, 3.8) is 0 Å². The van der Waals surface area contributed by atoms with Crippen LogP contribution in [0.25, 0.3) is 0 Å². The highest BCUT2D eigenvalue weighted by Crippen LogP contribution is 2.36. The zero-order chi connectivity index (χ0) is 13.8. The van der Waals surface area contributed by atoms with Crippen LogP contribution in [0, 0.1) is 22.7 Å². The highest BCUT2D eigenvalue weighted by molar-refractivity contribution is 5.74. The molecule has 0 spiro atoms. The van der Waals surface area contributed by atoms with Crippen LogP contribution < -0.4 is 5.32 Å². The van der Waals surface area contributed by atoms with Gasteiger partial charge in [0.2, 0.25) is 0 Å². The number of hydrogen-bond acceptors (Lipinski definition) is 4. The van der Waals surface area contributed by atoms with Crippen LogP contribution in [0.5, 0.6) is 0 Å². The number of carboxylic acids is 1. The number of aliphatic hydroxyl groups is 1. The maximum Gasteiger partial charge on any atom is 0.320 e. The summed E-state index contributed by atoms with van der Waals surface area (Å²) in [4.78, 5) is 11.0. The van der Waals surface area contributed by atoms with Gasteiger partial charge < -0.3 is 15.5 Å². The number of aliphatic hydroxyl groups excluding tert-OH is 1. The van der Waals surface area contributed by atoms with Gasteiger partial charge >= 0.3 is 5.97 Å². The third-order valence-electron chi connectivity index (χ3n) is 4.34. The van der Waals surface area contributed by atoms with Crippen molar-refractivity contribution >= 4 is 5.97 Å². The largest absolute Gasteiger partial charge is 0.480 e. The molecule has 0 amide bonds. The van der Waals surface area contributed by atoms with Gasteiger partial charge in [-0.25, -0.2) is 0 Å². The van der Waals surface area contributed by atoms with Crippen LogP contribution in [0.1, 0.15) is 39.5 Å². The smallest absolute Gasteiger partial charge is 0.320 e. The average molecular weight is 254 g/mol. The molecule has 0 bridgehead atoms. The minimum Gasteiger partial charge on any atom is -0.480 e. The lowest BCUT2D eigenvalue weighted by atomic mass is 9.75. The van der Waals surface area contributed by atoms with Crippen molar-refractivity contribution in [3.8, 4) is 6.07 Å². The average Bonchev–Trinajstić information content (AvgIpc) is 2.79. The molecule has 5 heteroatoms. The van der Waals surface area contributed by atoms with Crippen LogP contribution >= 0.6 is 0 Å². The van der Waals surface area contributed by atoms with E-state index in [2.05, 4.69) is 11.4 Å². The number of hydrogen-bond donors (Lipinski definition) is 3. The fourth-order valence-electron chi connectivity index (χ4n) is 2.67. The number of aliphatic carboxylic acids is 1. The first kappa shape index (κ1) is 14.9. The maximum absolute atomic E-state index is 11.0. The van der Waals surface area contributed by atoms with Crippen molar-refractivity contribution in [2.24, 2.45) is 11.3 Å². The molecule has 1 aliphatic rings. The van der Waals surface area contributed by atoms with Gasteiger partial charge in [0.15, 0.2) is 0 Å². The van der Waals surface area contributed by atoms with E-state index in [0.717, 1.165) is 12.8 Å². The van der Waals surface area contributed by atoms with Gasteiger partial charge in [-0.2, -0.15) is 5.26 Å². The molecule has 3 atom stereocenters. The highest BCUT2D eigenvalue weighted by Gasteiger charge is 2.41. The third kappa shape index (κ3) is 3.01. The summed E-state index contributed by atoms with van der Waals surface area (Å²) in [6.07, 6.45) is 2.66. The minimum atomic E-state index is -0.902. The number of nitrogens with one attached hydrogen (secondary N) is 1. The molecule has 0 aromatic carbocycles. The summed E-state index contributed by atoms with van der Waals surface area (Å²) < 4.78 is 0. The van der Waals surface area contributed by atoms with Crippen LogP contribution in [-0.2, 0) is 4.79 Å². The van der Waals surface area contributed by atoms with Crippen LogP contribution in [-0.4, -0.2) is 34.9 Å². The van der Waals surface area contributed by atoms with Crippen molar-refractivity contribution in [3.05, 3.63) is 0 Å². The molecule has 0 aliphatic carbocycles. The molecule has 1 aliphatic heterocycles. The van der Waals surface area contributed by atoms with Gasteiger partial charge in [-0.15, -0.1) is 0 Å². The van der Waals surface area contributed by atoms with Crippen LogP contribution in [0.3, 0.4) is 0 Å². The van der Waals surface area contributed by atoms with E-state index in [0.29, 0.717) is 12.8 Å². The third-order valence-corrected chi connectivity index (χ3v) is 4.34. The molecule has 102 valence electrons. The predicted octanol–water partition coefficient (Wildman–Crippen LogP) is 1.13. The Morgan fingerprint density at radius 2 is 2.11 bits per heavy atom. The molecule has 1 fully saturated rings. The normalized spacial score (nSPS) is 28.0. The van der Waals surface area contributed by atoms with Gasteiger partial charge in [0.05, 0.1) is 12.0 Å². The van der Waals surface area contributed by atoms with Crippen molar-refractivity contribution in [1.29, 1.82) is 5.26 Å². The van der Waals surface area contributed by atoms with Gasteiger partial charge in [-0.3, -0.25) is 4.79 Å². The summed E-state index contributed by atoms with van der Waals surface area (Å²) in [6.45, 7) is 4.11. The Kier molecular flexibility index (Phi) is 5.12. The molecule has 0 aromatic rings. The summed E-state index contributed by atoms with van der Waals surface area (Å²) in [5, 5.41) is 30.7. The second kappa shape index (κ2) is 6.17. The Labute approximate surface area is 108 Å². The molecular formula is C13H22N2O3. The first-order valence-corrected chi connectivity index (χ1v) is 6.51. The second-order valence-electron chi connectivity index (χ2n) is 5.20. The molecule has 3 unspecified atom stereocenters. The maximum atomic E-state index is 11.0. The van der Waals surface area contributed by atoms with E-state index in [9.17, 15) is 9.90 Å². The summed E-state index contributed by atoms with van der Waals surface area (Å²) in [6, 6.07) is 1.42. The fraction of sp³-hybridized carbons (Fsp3) is 0.846. The first-order chi connectivity index (χ1) is 8.51. The van der Waals surface area contributed by atoms with Gasteiger partial charge in [-0.05, 0) is 31.1 Å². The van der Waals surface area contributed by atoms with Crippen molar-refractivity contribution in [2.45, 2.75) is 51.6 Å². The van der Waals surface area contributed by atoms with Gasteiger partial charge in [-0.1, -0.05) is 13.8 Å². The van der Waals surface area contributed by atoms with Crippen molar-refractivity contribution in [2.75, 3.05) is 6.61 Å². The Bertz CT molecular complexity index is 325. The Morgan fingerprint density at radius 1 is 1.50 bits per heavy atom. The van der Waals surface area contributed by atoms with E-state index in [1.54, 1.807) is 0 Å². The van der Waals surface area contributed by atoms with Crippen molar-refractivity contribution in [1.82, 2.24) is 5.32 Å². The van der Waals surface area contributed by atoms with E-state index in [-0.39, 0.29) is 24.0 Å². The van der Waals surface area contributed by atoms with Gasteiger partial charge in [0, 0.05) is 12.6 Å². The molecule has 3 N–H and O–H groups in total. The van der Waals surface area contributed by atoms with E-state index < -0.39 is 12.0 Å². The van der Waals surface area contributed by atoms with E-state index in [4.69, 9.17) is 10.4 Å². The van der Waals surface area contributed by atoms with E-state index >= 15 is 0 Å². The zero-order valence-electron chi connectivity index (χ0n) is 11.0. The number of carbonyl (C=O) groups is 1. The Hall–Kier alpha value is -1.12. The van der Waals surface area contributed by atoms with Gasteiger partial charge in [0.1, 0.15) is 6.04 Å². The number of nitriles is 1. The second-order valence-corrected chi connectivity index (χ2v) is 5.20. The van der Waals surface area contributed by atoms with Crippen LogP contribution in [0.4, 0.5) is 0 Å². The standard InChI is InChI=1S/C13H22N2O3/c1-3-13(4-2,8-16)6-11-9(7-14)5-10(15-11)12(17)18/h9-11,15-16H,3-6,8H2,1-2H3,(H,17,18). The molecule has 18 heavy (non-hydrogen) atoms. The fourth-order valence-corrected chi connectivity index (χ4v) is 2.67. The zero-order valence-corrected chi connectivity index (χ0v) is 11.0. The number of rotatable bonds is 6. The Balaban J connectivity index is 2.76. The minimum absolute atomic E-state index is 0.0774. The molecule has 0 radical (unpaired) electrons. The SMILES string of the molecule is CCC(CC)(CO)CC1NC(C(=O)O)CC1C#N. The van der Waals surface area contributed by atoms with E-state index in [1.165, 1.54) is 0 Å². The van der Waals surface area contributed by atoms with Crippen LogP contribution in [0.15, 0.2) is 0 Å². The molecule has 1 saturated heterocycles. The van der Waals surface area contributed by atoms with Crippen LogP contribution in [0.2, 0.25) is 0 Å². The lowest BCUT2D eigenvalue weighted by Crippen LogP contribution is -2.40. The summed E-state index contributed by atoms with van der Waals surface area (Å²) in [5.74, 6) is -1.18. The quantitative estimate of drug-likeness (QED) is 0.660. The predicted molar refractivity (Wildman–Crippen MR) is 66.8 cm³/mol. The topological polar surface area (TPSA) is 93.3 Å². The molecule has 0 aromatic heterocycles. The molecule has 0 saturated carbocycles. The Morgan fingerprint density at radius 3 is 2.50 bits per heavy atom. The molecule has 5 nitrogen and oxygen atoms in total. The van der Waals surface area contributed by atoms with E-state index in [1.807, 2.05) is 13.8 Å². The number of nitrogens with zero attached hydrogens (tertiary/aromatic N) is 1. The monoisotopic (exact) mass is 254 g/mol. The molecule has 1 heterocycles. The van der Waals surface area contributed by atoms with Gasteiger partial charge in [0.25, 0.3) is 0 Å². The highest BCUT2D eigenvalue weighted by atomic mass is 16.4. The molecular weight excluding hydrogens is 232 g/mol. The summed E-state index contributed by atoms with van der Waals surface area (Å²) >= 11 is 0. The summed E-state index contributed by atoms with van der Waals surface area (Å²) in [7, 11) is 0. The first-order valence-electron chi connectivity index (χ1n) is 6.51. The lowest BCUT2D eigenvalue weighted by molar-refractivity contribution is -0.139. The lowest BCUT2D eigenvalue weighted by Gasteiger charge is -2.33.